The summed E-state index contributed by atoms with van der Waals surface area (Å²) in [6.07, 6.45) is 4.49. The normalized spacial score (nSPS) is 16.7. The van der Waals surface area contributed by atoms with Gasteiger partial charge in [-0.3, -0.25) is 9.59 Å². The summed E-state index contributed by atoms with van der Waals surface area (Å²) in [6, 6.07) is 0. The number of hydrogen-bond acceptors (Lipinski definition) is 5. The van der Waals surface area contributed by atoms with Crippen molar-refractivity contribution in [3.8, 4) is 0 Å². The van der Waals surface area contributed by atoms with Gasteiger partial charge in [-0.25, -0.2) is 0 Å². The number of fused-ring (bicyclic) bond motifs is 1. The third-order valence-corrected chi connectivity index (χ3v) is 3.83. The van der Waals surface area contributed by atoms with Crippen molar-refractivity contribution in [1.82, 2.24) is 9.47 Å². The van der Waals surface area contributed by atoms with Gasteiger partial charge >= 0.3 is 0 Å². The van der Waals surface area contributed by atoms with E-state index in [1.807, 2.05) is 4.90 Å². The monoisotopic (exact) mass is 304 g/mol. The first-order valence-electron chi connectivity index (χ1n) is 6.75. The van der Waals surface area contributed by atoms with Crippen LogP contribution in [0, 0.1) is 0 Å². The highest BCUT2D eigenvalue weighted by Crippen LogP contribution is 2.33. The van der Waals surface area contributed by atoms with Gasteiger partial charge in [0.1, 0.15) is 5.69 Å². The molecule has 1 aromatic heterocycles. The molecule has 2 N–H and O–H groups in total. The van der Waals surface area contributed by atoms with E-state index in [9.17, 15) is 14.7 Å². The number of allylic oxidation sites excluding steroid dienone is 2. The van der Waals surface area contributed by atoms with Crippen molar-refractivity contribution >= 4 is 17.6 Å². The molecular formula is C16H20N2O4. The van der Waals surface area contributed by atoms with Crippen molar-refractivity contribution in [1.29, 1.82) is 0 Å². The number of carbonyl (C=O) groups is 2. The molecule has 118 valence electrons. The summed E-state index contributed by atoms with van der Waals surface area (Å²) in [6.45, 7) is 1.07. The van der Waals surface area contributed by atoms with E-state index in [0.29, 0.717) is 22.6 Å². The lowest BCUT2D eigenvalue weighted by Crippen LogP contribution is -2.22. The van der Waals surface area contributed by atoms with Crippen molar-refractivity contribution in [2.24, 2.45) is 7.05 Å². The molecule has 0 aromatic carbocycles. The maximum atomic E-state index is 12.6. The molecule has 1 fully saturated rings. The molecule has 0 bridgehead atoms. The number of aromatic nitrogens is 1. The fraction of sp³-hybridized carbons (Fsp3) is 0.375. The van der Waals surface area contributed by atoms with Crippen LogP contribution in [-0.4, -0.2) is 50.9 Å². The van der Waals surface area contributed by atoms with Gasteiger partial charge in [-0.1, -0.05) is 13.5 Å². The molecule has 0 saturated carbocycles. The number of Topliss-reactive ketones (excluding diaryl/α,β-unsaturated/α-hetero) is 1. The molecule has 1 aliphatic carbocycles. The van der Waals surface area contributed by atoms with E-state index in [-0.39, 0.29) is 37.8 Å². The summed E-state index contributed by atoms with van der Waals surface area (Å²) < 4.78 is 1.60. The molecule has 6 nitrogen and oxygen atoms in total. The van der Waals surface area contributed by atoms with Crippen LogP contribution in [-0.2, 0) is 13.7 Å². The summed E-state index contributed by atoms with van der Waals surface area (Å²) >= 11 is 0. The zero-order valence-corrected chi connectivity index (χ0v) is 11.7. The Morgan fingerprint density at radius 1 is 1.27 bits per heavy atom. The standard InChI is InChI=1S/C15H16N2O4.CH4/c1-16-10(3-2-6-18)9(8-19)13-14(16)12(20)7-11(15(13)21)17-4-5-17;/h2-3,7,18-19H,4-6,8H2,1H3;1H4/b3-2+;. The lowest BCUT2D eigenvalue weighted by atomic mass is 9.95. The van der Waals surface area contributed by atoms with E-state index in [1.165, 1.54) is 12.2 Å². The van der Waals surface area contributed by atoms with E-state index < -0.39 is 0 Å². The van der Waals surface area contributed by atoms with Crippen LogP contribution in [0.1, 0.15) is 39.5 Å². The Morgan fingerprint density at radius 2 is 1.95 bits per heavy atom. The molecule has 1 aliphatic heterocycles. The molecule has 0 atom stereocenters. The number of carbonyl (C=O) groups excluding carboxylic acids is 2. The molecular weight excluding hydrogens is 284 g/mol. The average Bonchev–Trinajstić information content (AvgIpc) is 3.25. The molecule has 1 aromatic rings. The van der Waals surface area contributed by atoms with Crippen LogP contribution in [0.5, 0.6) is 0 Å². The van der Waals surface area contributed by atoms with Crippen molar-refractivity contribution in [2.75, 3.05) is 19.7 Å². The van der Waals surface area contributed by atoms with Gasteiger partial charge in [-0.15, -0.1) is 0 Å². The SMILES string of the molecule is C.Cn1c(/C=C/CO)c(CO)c2c1C(=O)C=C(N1CC1)C2=O. The van der Waals surface area contributed by atoms with E-state index in [4.69, 9.17) is 5.11 Å². The third kappa shape index (κ3) is 2.30. The lowest BCUT2D eigenvalue weighted by molar-refractivity contribution is 0.0964. The Labute approximate surface area is 129 Å². The zero-order valence-electron chi connectivity index (χ0n) is 11.7. The number of aliphatic hydroxyl groups excluding tert-OH is 2. The molecule has 0 unspecified atom stereocenters. The Kier molecular flexibility index (Phi) is 4.35. The Hall–Kier alpha value is -2.18. The largest absolute Gasteiger partial charge is 0.392 e. The third-order valence-electron chi connectivity index (χ3n) is 3.83. The van der Waals surface area contributed by atoms with Crippen LogP contribution in [0.15, 0.2) is 17.8 Å². The Bertz CT molecular complexity index is 693. The number of aliphatic hydroxyl groups is 2. The second-order valence-electron chi connectivity index (χ2n) is 5.10. The molecule has 1 saturated heterocycles. The predicted molar refractivity (Wildman–Crippen MR) is 82.5 cm³/mol. The van der Waals surface area contributed by atoms with Gasteiger partial charge in [-0.05, 0) is 6.08 Å². The number of hydrogen-bond donors (Lipinski definition) is 2. The molecule has 0 radical (unpaired) electrons. The quantitative estimate of drug-likeness (QED) is 0.802. The minimum Gasteiger partial charge on any atom is -0.392 e. The van der Waals surface area contributed by atoms with Gasteiger partial charge in [0.2, 0.25) is 11.6 Å². The first-order valence-corrected chi connectivity index (χ1v) is 6.75. The fourth-order valence-corrected chi connectivity index (χ4v) is 2.74. The molecule has 0 spiro atoms. The first-order chi connectivity index (χ1) is 10.1. The van der Waals surface area contributed by atoms with E-state index in [2.05, 4.69) is 0 Å². The van der Waals surface area contributed by atoms with Gasteiger partial charge in [-0.2, -0.15) is 0 Å². The summed E-state index contributed by atoms with van der Waals surface area (Å²) in [4.78, 5) is 26.8. The van der Waals surface area contributed by atoms with Crippen LogP contribution in [0.25, 0.3) is 6.08 Å². The Morgan fingerprint density at radius 3 is 2.50 bits per heavy atom. The topological polar surface area (TPSA) is 82.5 Å². The Balaban J connectivity index is 0.00000176. The fourth-order valence-electron chi connectivity index (χ4n) is 2.74. The molecule has 2 heterocycles. The average molecular weight is 304 g/mol. The van der Waals surface area contributed by atoms with Crippen molar-refractivity contribution in [3.05, 3.63) is 40.4 Å². The summed E-state index contributed by atoms with van der Waals surface area (Å²) in [5.74, 6) is -0.447. The van der Waals surface area contributed by atoms with Gasteiger partial charge in [0.25, 0.3) is 0 Å². The number of nitrogens with zero attached hydrogens (tertiary/aromatic N) is 2. The molecule has 6 heteroatoms. The van der Waals surface area contributed by atoms with E-state index in [0.717, 1.165) is 13.1 Å². The minimum atomic E-state index is -0.333. The van der Waals surface area contributed by atoms with Crippen LogP contribution in [0.2, 0.25) is 0 Å². The van der Waals surface area contributed by atoms with E-state index in [1.54, 1.807) is 17.7 Å². The highest BCUT2D eigenvalue weighted by atomic mass is 16.3. The maximum Gasteiger partial charge on any atom is 0.211 e. The molecule has 3 rings (SSSR count). The van der Waals surface area contributed by atoms with Crippen LogP contribution >= 0.6 is 0 Å². The number of ketones is 2. The van der Waals surface area contributed by atoms with Crippen molar-refractivity contribution < 1.29 is 19.8 Å². The second kappa shape index (κ2) is 5.90. The summed E-state index contributed by atoms with van der Waals surface area (Å²) in [5, 5.41) is 18.5. The van der Waals surface area contributed by atoms with Crippen LogP contribution in [0.3, 0.4) is 0 Å². The van der Waals surface area contributed by atoms with Gasteiger partial charge in [0.05, 0.1) is 24.5 Å². The van der Waals surface area contributed by atoms with Crippen molar-refractivity contribution in [2.45, 2.75) is 14.0 Å². The van der Waals surface area contributed by atoms with E-state index >= 15 is 0 Å². The van der Waals surface area contributed by atoms with Gasteiger partial charge in [0, 0.05) is 37.5 Å². The van der Waals surface area contributed by atoms with Crippen LogP contribution < -0.4 is 0 Å². The smallest absolute Gasteiger partial charge is 0.211 e. The summed E-state index contributed by atoms with van der Waals surface area (Å²) in [5.41, 5.74) is 1.99. The minimum absolute atomic E-state index is 0. The van der Waals surface area contributed by atoms with Crippen LogP contribution in [0.4, 0.5) is 0 Å². The molecule has 22 heavy (non-hydrogen) atoms. The van der Waals surface area contributed by atoms with Gasteiger partial charge in [0.15, 0.2) is 0 Å². The number of rotatable bonds is 4. The molecule has 0 amide bonds. The zero-order chi connectivity index (χ0) is 15.1. The summed E-state index contributed by atoms with van der Waals surface area (Å²) in [7, 11) is 1.68. The van der Waals surface area contributed by atoms with Crippen molar-refractivity contribution in [3.63, 3.8) is 0 Å². The predicted octanol–water partition coefficient (Wildman–Crippen LogP) is 0.738. The second-order valence-corrected chi connectivity index (χ2v) is 5.10. The van der Waals surface area contributed by atoms with Gasteiger partial charge < -0.3 is 19.7 Å². The lowest BCUT2D eigenvalue weighted by Gasteiger charge is -2.14. The highest BCUT2D eigenvalue weighted by Gasteiger charge is 2.37. The highest BCUT2D eigenvalue weighted by molar-refractivity contribution is 6.25. The first kappa shape index (κ1) is 16.2. The molecule has 2 aliphatic rings. The maximum absolute atomic E-state index is 12.6.